The van der Waals surface area contributed by atoms with E-state index in [9.17, 15) is 0 Å². The van der Waals surface area contributed by atoms with Crippen molar-refractivity contribution in [1.29, 1.82) is 0 Å². The van der Waals surface area contributed by atoms with E-state index in [1.165, 1.54) is 24.4 Å². The minimum absolute atomic E-state index is 0.628. The van der Waals surface area contributed by atoms with Crippen LogP contribution in [-0.2, 0) is 6.42 Å². The predicted octanol–water partition coefficient (Wildman–Crippen LogP) is 3.43. The van der Waals surface area contributed by atoms with Crippen molar-refractivity contribution in [2.75, 3.05) is 11.9 Å². The van der Waals surface area contributed by atoms with Crippen LogP contribution in [0.15, 0.2) is 21.2 Å². The molecule has 0 bridgehead atoms. The van der Waals surface area contributed by atoms with Gasteiger partial charge in [0.1, 0.15) is 11.6 Å². The fourth-order valence-electron chi connectivity index (χ4n) is 1.59. The van der Waals surface area contributed by atoms with E-state index in [4.69, 9.17) is 4.42 Å². The van der Waals surface area contributed by atoms with E-state index in [0.717, 1.165) is 34.4 Å². The average Bonchev–Trinajstić information content (AvgIpc) is 2.93. The Bertz CT molecular complexity index is 506. The fraction of sp³-hybridized carbons (Fsp3) is 0.455. The number of halogens is 1. The molecule has 0 aliphatic heterocycles. The quantitative estimate of drug-likeness (QED) is 0.918. The number of nitrogens with one attached hydrogen (secondary N) is 1. The van der Waals surface area contributed by atoms with Gasteiger partial charge in [-0.25, -0.2) is 4.98 Å². The van der Waals surface area contributed by atoms with E-state index in [-0.39, 0.29) is 0 Å². The Labute approximate surface area is 112 Å². The molecule has 1 fully saturated rings. The lowest BCUT2D eigenvalue weighted by molar-refractivity contribution is 0.491. The van der Waals surface area contributed by atoms with Crippen LogP contribution in [0.4, 0.5) is 5.13 Å². The lowest BCUT2D eigenvalue weighted by Gasteiger charge is -1.98. The minimum Gasteiger partial charge on any atom is -0.454 e. The van der Waals surface area contributed by atoms with Crippen LogP contribution in [-0.4, -0.2) is 15.9 Å². The van der Waals surface area contributed by atoms with E-state index in [0.29, 0.717) is 5.92 Å². The molecule has 0 radical (unpaired) electrons. The lowest BCUT2D eigenvalue weighted by atomic mass is 10.3. The highest BCUT2D eigenvalue weighted by Gasteiger charge is 2.27. The molecule has 90 valence electrons. The second-order valence-corrected chi connectivity index (χ2v) is 5.65. The summed E-state index contributed by atoms with van der Waals surface area (Å²) in [6.45, 7) is 0.819. The van der Waals surface area contributed by atoms with Crippen molar-refractivity contribution >= 4 is 32.6 Å². The molecular formula is C11H12BrN3OS. The summed E-state index contributed by atoms with van der Waals surface area (Å²) in [5, 5.41) is 4.19. The predicted molar refractivity (Wildman–Crippen MR) is 70.5 cm³/mol. The number of nitrogens with zero attached hydrogens (tertiary/aromatic N) is 2. The summed E-state index contributed by atoms with van der Waals surface area (Å²) in [6.07, 6.45) is 3.34. The fourth-order valence-corrected chi connectivity index (χ4v) is 2.60. The molecule has 1 aliphatic carbocycles. The lowest BCUT2D eigenvalue weighted by Crippen LogP contribution is -2.03. The molecule has 1 saturated carbocycles. The van der Waals surface area contributed by atoms with Crippen LogP contribution in [0.2, 0.25) is 0 Å². The van der Waals surface area contributed by atoms with Gasteiger partial charge >= 0.3 is 0 Å². The zero-order valence-corrected chi connectivity index (χ0v) is 11.6. The van der Waals surface area contributed by atoms with Gasteiger partial charge in [-0.3, -0.25) is 0 Å². The SMILES string of the molecule is Brc1ccc(CCNc2nc(C3CC3)ns2)o1. The molecule has 1 N–H and O–H groups in total. The minimum atomic E-state index is 0.628. The molecule has 0 saturated heterocycles. The number of hydrogen-bond donors (Lipinski definition) is 1. The smallest absolute Gasteiger partial charge is 0.202 e. The van der Waals surface area contributed by atoms with Crippen LogP contribution < -0.4 is 5.32 Å². The number of anilines is 1. The van der Waals surface area contributed by atoms with Crippen molar-refractivity contribution in [2.45, 2.75) is 25.2 Å². The van der Waals surface area contributed by atoms with Gasteiger partial charge in [0.2, 0.25) is 5.13 Å². The molecule has 0 atom stereocenters. The molecule has 4 nitrogen and oxygen atoms in total. The average molecular weight is 314 g/mol. The van der Waals surface area contributed by atoms with Crippen molar-refractivity contribution in [1.82, 2.24) is 9.36 Å². The Morgan fingerprint density at radius 2 is 2.35 bits per heavy atom. The van der Waals surface area contributed by atoms with Crippen LogP contribution >= 0.6 is 27.5 Å². The summed E-state index contributed by atoms with van der Waals surface area (Å²) in [4.78, 5) is 4.47. The molecule has 0 amide bonds. The zero-order valence-electron chi connectivity index (χ0n) is 9.15. The maximum absolute atomic E-state index is 5.42. The molecule has 2 aromatic heterocycles. The van der Waals surface area contributed by atoms with E-state index >= 15 is 0 Å². The molecule has 0 spiro atoms. The monoisotopic (exact) mass is 313 g/mol. The Morgan fingerprint density at radius 3 is 3.06 bits per heavy atom. The number of rotatable bonds is 5. The summed E-state index contributed by atoms with van der Waals surface area (Å²) >= 11 is 4.73. The van der Waals surface area contributed by atoms with Gasteiger partial charge in [0.05, 0.1) is 0 Å². The summed E-state index contributed by atoms with van der Waals surface area (Å²) in [7, 11) is 0. The second kappa shape index (κ2) is 4.78. The molecule has 17 heavy (non-hydrogen) atoms. The van der Waals surface area contributed by atoms with Crippen LogP contribution in [0.1, 0.15) is 30.3 Å². The van der Waals surface area contributed by atoms with Gasteiger partial charge < -0.3 is 9.73 Å². The normalized spacial score (nSPS) is 15.1. The molecule has 1 aliphatic rings. The molecular weight excluding hydrogens is 302 g/mol. The zero-order chi connectivity index (χ0) is 11.7. The number of hydrogen-bond acceptors (Lipinski definition) is 5. The molecule has 0 aromatic carbocycles. The maximum Gasteiger partial charge on any atom is 0.202 e. The summed E-state index contributed by atoms with van der Waals surface area (Å²) in [5.41, 5.74) is 0. The first-order chi connectivity index (χ1) is 8.31. The van der Waals surface area contributed by atoms with Crippen molar-refractivity contribution in [3.05, 3.63) is 28.4 Å². The van der Waals surface area contributed by atoms with Gasteiger partial charge in [0.25, 0.3) is 0 Å². The number of aromatic nitrogens is 2. The van der Waals surface area contributed by atoms with Gasteiger partial charge in [-0.15, -0.1) is 0 Å². The van der Waals surface area contributed by atoms with Gasteiger partial charge in [-0.05, 0) is 40.9 Å². The highest BCUT2D eigenvalue weighted by molar-refractivity contribution is 9.10. The second-order valence-electron chi connectivity index (χ2n) is 4.11. The third-order valence-corrected chi connectivity index (χ3v) is 3.77. The first-order valence-corrected chi connectivity index (χ1v) is 7.19. The topological polar surface area (TPSA) is 51.0 Å². The highest BCUT2D eigenvalue weighted by Crippen LogP contribution is 2.39. The van der Waals surface area contributed by atoms with Crippen LogP contribution in [0, 0.1) is 0 Å². The maximum atomic E-state index is 5.42. The summed E-state index contributed by atoms with van der Waals surface area (Å²) in [5.74, 6) is 2.61. The standard InChI is InChI=1S/C11H12BrN3OS/c12-9-4-3-8(16-9)5-6-13-11-14-10(15-17-11)7-1-2-7/h3-4,7H,1-2,5-6H2,(H,13,14,15). The van der Waals surface area contributed by atoms with Crippen LogP contribution in [0.5, 0.6) is 0 Å². The molecule has 6 heteroatoms. The third kappa shape index (κ3) is 2.87. The summed E-state index contributed by atoms with van der Waals surface area (Å²) < 4.78 is 10.5. The van der Waals surface area contributed by atoms with Crippen molar-refractivity contribution < 1.29 is 4.42 Å². The first-order valence-electron chi connectivity index (χ1n) is 5.63. The van der Waals surface area contributed by atoms with Crippen molar-refractivity contribution in [2.24, 2.45) is 0 Å². The molecule has 0 unspecified atom stereocenters. The molecule has 2 aromatic rings. The van der Waals surface area contributed by atoms with E-state index in [2.05, 4.69) is 30.6 Å². The largest absolute Gasteiger partial charge is 0.454 e. The van der Waals surface area contributed by atoms with Crippen molar-refractivity contribution in [3.63, 3.8) is 0 Å². The van der Waals surface area contributed by atoms with Crippen molar-refractivity contribution in [3.8, 4) is 0 Å². The van der Waals surface area contributed by atoms with E-state index < -0.39 is 0 Å². The van der Waals surface area contributed by atoms with E-state index in [1.54, 1.807) is 0 Å². The third-order valence-electron chi connectivity index (χ3n) is 2.66. The van der Waals surface area contributed by atoms with Gasteiger partial charge in [0, 0.05) is 30.4 Å². The van der Waals surface area contributed by atoms with Crippen LogP contribution in [0.3, 0.4) is 0 Å². The van der Waals surface area contributed by atoms with Crippen LogP contribution in [0.25, 0.3) is 0 Å². The van der Waals surface area contributed by atoms with E-state index in [1.807, 2.05) is 12.1 Å². The molecule has 3 rings (SSSR count). The first kappa shape index (κ1) is 11.2. The molecule has 2 heterocycles. The van der Waals surface area contributed by atoms with Gasteiger partial charge in [0.15, 0.2) is 4.67 Å². The van der Waals surface area contributed by atoms with Gasteiger partial charge in [-0.1, -0.05) is 0 Å². The Balaban J connectivity index is 1.49. The summed E-state index contributed by atoms with van der Waals surface area (Å²) in [6, 6.07) is 3.88. The Hall–Kier alpha value is -0.880. The number of furan rings is 1. The van der Waals surface area contributed by atoms with Gasteiger partial charge in [-0.2, -0.15) is 4.37 Å². The Morgan fingerprint density at radius 1 is 1.47 bits per heavy atom. The highest BCUT2D eigenvalue weighted by atomic mass is 79.9. The Kier molecular flexibility index (Phi) is 3.15.